The molecule has 0 radical (unpaired) electrons. The summed E-state index contributed by atoms with van der Waals surface area (Å²) in [6.07, 6.45) is 4.11. The molecule has 0 saturated carbocycles. The molecule has 5 nitrogen and oxygen atoms in total. The minimum Gasteiger partial charge on any atom is -0.444 e. The van der Waals surface area contributed by atoms with Gasteiger partial charge in [0, 0.05) is 18.5 Å². The minimum atomic E-state index is -0.527. The Morgan fingerprint density at radius 3 is 3.05 bits per heavy atom. The first-order valence-electron chi connectivity index (χ1n) is 7.14. The molecule has 0 spiro atoms. The molecule has 1 aliphatic carbocycles. The molecule has 110 valence electrons. The fraction of sp³-hybridized carbons (Fsp3) is 0.733. The van der Waals surface area contributed by atoms with Gasteiger partial charge >= 0.3 is 6.09 Å². The highest BCUT2D eigenvalue weighted by atomic mass is 16.6. The van der Waals surface area contributed by atoms with E-state index in [2.05, 4.69) is 22.8 Å². The number of amides is 1. The summed E-state index contributed by atoms with van der Waals surface area (Å²) in [5.74, 6) is 0. The van der Waals surface area contributed by atoms with Gasteiger partial charge in [0.1, 0.15) is 5.60 Å². The van der Waals surface area contributed by atoms with Crippen molar-refractivity contribution in [2.24, 2.45) is 5.41 Å². The van der Waals surface area contributed by atoms with Gasteiger partial charge in [0.05, 0.1) is 18.5 Å². The van der Waals surface area contributed by atoms with Crippen LogP contribution in [0, 0.1) is 16.7 Å². The normalized spacial score (nSPS) is 26.4. The maximum absolute atomic E-state index is 12.0. The van der Waals surface area contributed by atoms with E-state index in [0.717, 1.165) is 25.9 Å². The predicted molar refractivity (Wildman–Crippen MR) is 76.0 cm³/mol. The standard InChI is InChI=1S/C15H23N3O2/c1-14(2,3)20-13(19)18-12(6-8-16)15-7-4-5-11(15)9-17-10-15/h5,12,17H,4,6-7,9-10H2,1-3H3,(H,18,19). The van der Waals surface area contributed by atoms with Crippen LogP contribution in [0.15, 0.2) is 11.6 Å². The maximum Gasteiger partial charge on any atom is 0.407 e. The number of hydrogen-bond donors (Lipinski definition) is 2. The second kappa shape index (κ2) is 5.45. The molecular formula is C15H23N3O2. The van der Waals surface area contributed by atoms with Crippen LogP contribution >= 0.6 is 0 Å². The van der Waals surface area contributed by atoms with Crippen LogP contribution < -0.4 is 10.6 Å². The van der Waals surface area contributed by atoms with Crippen molar-refractivity contribution in [3.63, 3.8) is 0 Å². The summed E-state index contributed by atoms with van der Waals surface area (Å²) in [4.78, 5) is 12.0. The van der Waals surface area contributed by atoms with Gasteiger partial charge in [-0.1, -0.05) is 11.6 Å². The van der Waals surface area contributed by atoms with Crippen molar-refractivity contribution in [3.05, 3.63) is 11.6 Å². The van der Waals surface area contributed by atoms with Gasteiger partial charge in [0.25, 0.3) is 0 Å². The average molecular weight is 277 g/mol. The summed E-state index contributed by atoms with van der Waals surface area (Å²) in [6, 6.07) is 2.01. The van der Waals surface area contributed by atoms with E-state index in [9.17, 15) is 4.79 Å². The van der Waals surface area contributed by atoms with E-state index in [4.69, 9.17) is 10.00 Å². The molecule has 20 heavy (non-hydrogen) atoms. The molecule has 2 aliphatic rings. The molecule has 1 amide bonds. The number of carbonyl (C=O) groups is 1. The Bertz CT molecular complexity index is 459. The zero-order valence-corrected chi connectivity index (χ0v) is 12.5. The first-order valence-corrected chi connectivity index (χ1v) is 7.14. The molecule has 5 heteroatoms. The van der Waals surface area contributed by atoms with E-state index < -0.39 is 11.7 Å². The molecule has 0 aromatic rings. The summed E-state index contributed by atoms with van der Waals surface area (Å²) in [7, 11) is 0. The Balaban J connectivity index is 2.10. The zero-order valence-electron chi connectivity index (χ0n) is 12.5. The van der Waals surface area contributed by atoms with Crippen molar-refractivity contribution in [2.45, 2.75) is 51.7 Å². The van der Waals surface area contributed by atoms with Crippen molar-refractivity contribution < 1.29 is 9.53 Å². The van der Waals surface area contributed by atoms with E-state index in [0.29, 0.717) is 6.42 Å². The third-order valence-electron chi connectivity index (χ3n) is 4.03. The summed E-state index contributed by atoms with van der Waals surface area (Å²) < 4.78 is 5.32. The van der Waals surface area contributed by atoms with Gasteiger partial charge in [-0.3, -0.25) is 0 Å². The van der Waals surface area contributed by atoms with E-state index in [1.165, 1.54) is 5.57 Å². The van der Waals surface area contributed by atoms with Gasteiger partial charge in [-0.25, -0.2) is 4.79 Å². The second-order valence-electron chi connectivity index (χ2n) is 6.59. The van der Waals surface area contributed by atoms with Crippen LogP contribution in [0.1, 0.15) is 40.0 Å². The van der Waals surface area contributed by atoms with Crippen LogP contribution in [0.3, 0.4) is 0 Å². The Morgan fingerprint density at radius 2 is 2.40 bits per heavy atom. The second-order valence-corrected chi connectivity index (χ2v) is 6.59. The number of fused-ring (bicyclic) bond motifs is 1. The number of allylic oxidation sites excluding steroid dienone is 1. The Labute approximate surface area is 120 Å². The van der Waals surface area contributed by atoms with Crippen molar-refractivity contribution in [1.29, 1.82) is 5.26 Å². The van der Waals surface area contributed by atoms with E-state index in [1.807, 2.05) is 20.8 Å². The van der Waals surface area contributed by atoms with Gasteiger partial charge in [-0.15, -0.1) is 0 Å². The molecule has 0 bridgehead atoms. The van der Waals surface area contributed by atoms with Crippen LogP contribution in [0.25, 0.3) is 0 Å². The first-order chi connectivity index (χ1) is 9.37. The van der Waals surface area contributed by atoms with Crippen LogP contribution in [0.4, 0.5) is 4.79 Å². The summed E-state index contributed by atoms with van der Waals surface area (Å²) >= 11 is 0. The third-order valence-corrected chi connectivity index (χ3v) is 4.03. The van der Waals surface area contributed by atoms with Crippen LogP contribution in [-0.4, -0.2) is 30.8 Å². The highest BCUT2D eigenvalue weighted by molar-refractivity contribution is 5.68. The van der Waals surface area contributed by atoms with Crippen molar-refractivity contribution >= 4 is 6.09 Å². The Kier molecular flexibility index (Phi) is 4.05. The number of alkyl carbamates (subject to hydrolysis) is 1. The lowest BCUT2D eigenvalue weighted by Crippen LogP contribution is -2.50. The van der Waals surface area contributed by atoms with Crippen LogP contribution in [-0.2, 0) is 4.74 Å². The number of hydrogen-bond acceptors (Lipinski definition) is 4. The highest BCUT2D eigenvalue weighted by Gasteiger charge is 2.47. The molecule has 2 unspecified atom stereocenters. The molecule has 0 aromatic carbocycles. The number of ether oxygens (including phenoxy) is 1. The van der Waals surface area contributed by atoms with E-state index in [-0.39, 0.29) is 11.5 Å². The van der Waals surface area contributed by atoms with Crippen molar-refractivity contribution in [3.8, 4) is 6.07 Å². The molecule has 2 atom stereocenters. The van der Waals surface area contributed by atoms with Crippen molar-refractivity contribution in [1.82, 2.24) is 10.6 Å². The van der Waals surface area contributed by atoms with Crippen molar-refractivity contribution in [2.75, 3.05) is 13.1 Å². The lowest BCUT2D eigenvalue weighted by Gasteiger charge is -2.35. The number of carbonyl (C=O) groups excluding carboxylic acids is 1. The number of rotatable bonds is 3. The predicted octanol–water partition coefficient (Wildman–Crippen LogP) is 2.10. The Hall–Kier alpha value is -1.54. The number of nitrogens with zero attached hydrogens (tertiary/aromatic N) is 1. The quantitative estimate of drug-likeness (QED) is 0.775. The molecular weight excluding hydrogens is 254 g/mol. The zero-order chi connectivity index (χ0) is 14.8. The molecule has 1 saturated heterocycles. The van der Waals surface area contributed by atoms with E-state index >= 15 is 0 Å². The van der Waals surface area contributed by atoms with Gasteiger partial charge in [0.15, 0.2) is 0 Å². The monoisotopic (exact) mass is 277 g/mol. The van der Waals surface area contributed by atoms with Gasteiger partial charge < -0.3 is 15.4 Å². The molecule has 1 fully saturated rings. The molecule has 2 N–H and O–H groups in total. The maximum atomic E-state index is 12.0. The fourth-order valence-corrected chi connectivity index (χ4v) is 3.18. The third kappa shape index (κ3) is 2.96. The molecule has 2 rings (SSSR count). The smallest absolute Gasteiger partial charge is 0.407 e. The Morgan fingerprint density at radius 1 is 1.65 bits per heavy atom. The summed E-state index contributed by atoms with van der Waals surface area (Å²) in [5, 5.41) is 15.3. The summed E-state index contributed by atoms with van der Waals surface area (Å²) in [5.41, 5.74) is 0.696. The minimum absolute atomic E-state index is 0.105. The topological polar surface area (TPSA) is 74.1 Å². The number of nitrogens with one attached hydrogen (secondary N) is 2. The number of nitriles is 1. The van der Waals surface area contributed by atoms with E-state index in [1.54, 1.807) is 0 Å². The molecule has 1 aliphatic heterocycles. The first kappa shape index (κ1) is 14.9. The largest absolute Gasteiger partial charge is 0.444 e. The van der Waals surface area contributed by atoms with Crippen LogP contribution in [0.5, 0.6) is 0 Å². The van der Waals surface area contributed by atoms with Gasteiger partial charge in [-0.2, -0.15) is 5.26 Å². The van der Waals surface area contributed by atoms with Gasteiger partial charge in [0.2, 0.25) is 0 Å². The highest BCUT2D eigenvalue weighted by Crippen LogP contribution is 2.45. The lowest BCUT2D eigenvalue weighted by molar-refractivity contribution is 0.0466. The fourth-order valence-electron chi connectivity index (χ4n) is 3.18. The SMILES string of the molecule is CC(C)(C)OC(=O)NC(CC#N)C12CCC=C1CNC2. The summed E-state index contributed by atoms with van der Waals surface area (Å²) in [6.45, 7) is 7.19. The van der Waals surface area contributed by atoms with Gasteiger partial charge in [-0.05, 0) is 33.6 Å². The lowest BCUT2D eigenvalue weighted by atomic mass is 9.75. The van der Waals surface area contributed by atoms with Crippen LogP contribution in [0.2, 0.25) is 0 Å². The molecule has 1 heterocycles. The average Bonchev–Trinajstić information content (AvgIpc) is 2.84. The molecule has 0 aromatic heterocycles.